The fourth-order valence-corrected chi connectivity index (χ4v) is 2.93. The molecule has 0 saturated heterocycles. The van der Waals surface area contributed by atoms with Crippen LogP contribution in [0.25, 0.3) is 22.4 Å². The zero-order valence-corrected chi connectivity index (χ0v) is 14.5. The van der Waals surface area contributed by atoms with Crippen molar-refractivity contribution in [3.63, 3.8) is 0 Å². The first-order chi connectivity index (χ1) is 12.8. The molecule has 3 N–H and O–H groups in total. The smallest absolute Gasteiger partial charge is 0.141 e. The number of H-pyrrole nitrogens is 2. The van der Waals surface area contributed by atoms with Crippen LogP contribution in [-0.4, -0.2) is 25.4 Å². The molecule has 2 heterocycles. The van der Waals surface area contributed by atoms with Gasteiger partial charge in [0.1, 0.15) is 12.2 Å². The molecule has 0 amide bonds. The van der Waals surface area contributed by atoms with Crippen LogP contribution >= 0.6 is 0 Å². The van der Waals surface area contributed by atoms with Crippen LogP contribution in [0.5, 0.6) is 0 Å². The van der Waals surface area contributed by atoms with Crippen LogP contribution in [-0.2, 0) is 6.54 Å². The number of aromatic nitrogens is 5. The highest BCUT2D eigenvalue weighted by Crippen LogP contribution is 2.26. The lowest BCUT2D eigenvalue weighted by Crippen LogP contribution is -2.19. The van der Waals surface area contributed by atoms with Crippen LogP contribution in [0.4, 0.5) is 0 Å². The zero-order valence-electron chi connectivity index (χ0n) is 14.5. The largest absolute Gasteiger partial charge is 0.303 e. The lowest BCUT2D eigenvalue weighted by molar-refractivity contribution is 0.548. The van der Waals surface area contributed by atoms with E-state index in [0.717, 1.165) is 22.6 Å². The van der Waals surface area contributed by atoms with E-state index in [2.05, 4.69) is 86.2 Å². The molecule has 0 radical (unpaired) electrons. The van der Waals surface area contributed by atoms with E-state index >= 15 is 0 Å². The van der Waals surface area contributed by atoms with Gasteiger partial charge in [0.05, 0.1) is 11.7 Å². The number of nitrogens with zero attached hydrogens (tertiary/aromatic N) is 3. The fourth-order valence-electron chi connectivity index (χ4n) is 2.93. The normalized spacial score (nSPS) is 12.2. The molecule has 26 heavy (non-hydrogen) atoms. The summed E-state index contributed by atoms with van der Waals surface area (Å²) < 4.78 is 0. The van der Waals surface area contributed by atoms with Gasteiger partial charge >= 0.3 is 0 Å². The lowest BCUT2D eigenvalue weighted by atomic mass is 10.0. The molecule has 4 aromatic rings. The van der Waals surface area contributed by atoms with Crippen molar-refractivity contribution in [3.8, 4) is 22.4 Å². The number of nitrogens with one attached hydrogen (secondary N) is 3. The average Bonchev–Trinajstić information content (AvgIpc) is 3.39. The van der Waals surface area contributed by atoms with Crippen molar-refractivity contribution in [2.75, 3.05) is 0 Å². The van der Waals surface area contributed by atoms with E-state index in [1.165, 1.54) is 17.5 Å². The van der Waals surface area contributed by atoms with Crippen molar-refractivity contribution in [1.82, 2.24) is 30.7 Å². The second-order valence-corrected chi connectivity index (χ2v) is 6.18. The Morgan fingerprint density at radius 1 is 0.962 bits per heavy atom. The van der Waals surface area contributed by atoms with Gasteiger partial charge in [-0.2, -0.15) is 10.2 Å². The minimum atomic E-state index is 0.0840. The Labute approximate surface area is 151 Å². The van der Waals surface area contributed by atoms with E-state index in [-0.39, 0.29) is 6.04 Å². The molecule has 2 aromatic carbocycles. The maximum Gasteiger partial charge on any atom is 0.141 e. The zero-order chi connectivity index (χ0) is 17.8. The van der Waals surface area contributed by atoms with E-state index in [1.807, 2.05) is 12.3 Å². The van der Waals surface area contributed by atoms with Crippen LogP contribution in [0, 0.1) is 0 Å². The molecule has 0 saturated carbocycles. The van der Waals surface area contributed by atoms with Crippen LogP contribution < -0.4 is 5.32 Å². The second kappa shape index (κ2) is 7.33. The third-order valence-corrected chi connectivity index (χ3v) is 4.43. The first kappa shape index (κ1) is 16.2. The van der Waals surface area contributed by atoms with Gasteiger partial charge in [-0.25, -0.2) is 4.98 Å². The quantitative estimate of drug-likeness (QED) is 0.498. The summed E-state index contributed by atoms with van der Waals surface area (Å²) in [6, 6.07) is 18.9. The van der Waals surface area contributed by atoms with Gasteiger partial charge in [0.25, 0.3) is 0 Å². The van der Waals surface area contributed by atoms with E-state index in [4.69, 9.17) is 0 Å². The number of aromatic amines is 2. The molecule has 0 aliphatic carbocycles. The van der Waals surface area contributed by atoms with Gasteiger partial charge in [-0.05, 0) is 18.1 Å². The Balaban J connectivity index is 1.49. The van der Waals surface area contributed by atoms with Gasteiger partial charge in [-0.1, -0.05) is 54.6 Å². The standard InChI is InChI=1S/C20H20N6/c1-14(20-22-13-24-26-20)21-11-18-12-23-25-19(18)17-9-7-16(8-10-17)15-5-3-2-4-6-15/h2-10,12-14,21H,11H2,1H3,(H,23,25)(H,22,24,26). The Morgan fingerprint density at radius 3 is 2.42 bits per heavy atom. The predicted molar refractivity (Wildman–Crippen MR) is 101 cm³/mol. The summed E-state index contributed by atoms with van der Waals surface area (Å²) in [4.78, 5) is 4.18. The number of hydrogen-bond acceptors (Lipinski definition) is 4. The van der Waals surface area contributed by atoms with Gasteiger partial charge in [0.15, 0.2) is 0 Å². The van der Waals surface area contributed by atoms with Crippen LogP contribution in [0.3, 0.4) is 0 Å². The van der Waals surface area contributed by atoms with Crippen molar-refractivity contribution >= 4 is 0 Å². The Kier molecular flexibility index (Phi) is 4.57. The molecule has 6 nitrogen and oxygen atoms in total. The van der Waals surface area contributed by atoms with E-state index < -0.39 is 0 Å². The van der Waals surface area contributed by atoms with Gasteiger partial charge in [-0.15, -0.1) is 0 Å². The fraction of sp³-hybridized carbons (Fsp3) is 0.150. The molecule has 0 bridgehead atoms. The maximum atomic E-state index is 4.43. The molecule has 130 valence electrons. The number of rotatable bonds is 6. The van der Waals surface area contributed by atoms with E-state index in [0.29, 0.717) is 6.54 Å². The first-order valence-electron chi connectivity index (χ1n) is 8.58. The predicted octanol–water partition coefficient (Wildman–Crippen LogP) is 3.71. The summed E-state index contributed by atoms with van der Waals surface area (Å²) in [6.45, 7) is 2.74. The summed E-state index contributed by atoms with van der Waals surface area (Å²) in [5.74, 6) is 0.822. The summed E-state index contributed by atoms with van der Waals surface area (Å²) in [5, 5.41) is 17.6. The molecule has 4 rings (SSSR count). The third-order valence-electron chi connectivity index (χ3n) is 4.43. The highest BCUT2D eigenvalue weighted by atomic mass is 15.2. The van der Waals surface area contributed by atoms with Crippen LogP contribution in [0.1, 0.15) is 24.4 Å². The molecular weight excluding hydrogens is 324 g/mol. The summed E-state index contributed by atoms with van der Waals surface area (Å²) in [7, 11) is 0. The molecule has 0 aliphatic heterocycles. The molecule has 0 spiro atoms. The summed E-state index contributed by atoms with van der Waals surface area (Å²) in [5.41, 5.74) is 5.58. The first-order valence-corrected chi connectivity index (χ1v) is 8.58. The van der Waals surface area contributed by atoms with Crippen molar-refractivity contribution in [3.05, 3.63) is 78.5 Å². The highest BCUT2D eigenvalue weighted by molar-refractivity contribution is 5.69. The number of hydrogen-bond donors (Lipinski definition) is 3. The maximum absolute atomic E-state index is 4.43. The van der Waals surface area contributed by atoms with Crippen molar-refractivity contribution in [2.45, 2.75) is 19.5 Å². The molecule has 1 atom stereocenters. The third kappa shape index (κ3) is 3.41. The Bertz CT molecular complexity index is 942. The van der Waals surface area contributed by atoms with Gasteiger partial charge in [-0.3, -0.25) is 10.2 Å². The Hall–Kier alpha value is -3.25. The SMILES string of the molecule is CC(NCc1c[nH]nc1-c1ccc(-c2ccccc2)cc1)c1ncn[nH]1. The molecular formula is C20H20N6. The molecule has 1 unspecified atom stereocenters. The monoisotopic (exact) mass is 344 g/mol. The minimum Gasteiger partial charge on any atom is -0.303 e. The summed E-state index contributed by atoms with van der Waals surface area (Å²) >= 11 is 0. The molecule has 2 aromatic heterocycles. The van der Waals surface area contributed by atoms with Crippen molar-refractivity contribution in [2.24, 2.45) is 0 Å². The van der Waals surface area contributed by atoms with Gasteiger partial charge in [0, 0.05) is 23.9 Å². The second-order valence-electron chi connectivity index (χ2n) is 6.18. The van der Waals surface area contributed by atoms with Crippen molar-refractivity contribution < 1.29 is 0 Å². The Morgan fingerprint density at radius 2 is 1.69 bits per heavy atom. The molecule has 0 fully saturated rings. The number of benzene rings is 2. The van der Waals surface area contributed by atoms with Crippen LogP contribution in [0.15, 0.2) is 67.1 Å². The van der Waals surface area contributed by atoms with Crippen LogP contribution in [0.2, 0.25) is 0 Å². The highest BCUT2D eigenvalue weighted by Gasteiger charge is 2.12. The summed E-state index contributed by atoms with van der Waals surface area (Å²) in [6.07, 6.45) is 3.45. The van der Waals surface area contributed by atoms with E-state index in [1.54, 1.807) is 0 Å². The van der Waals surface area contributed by atoms with Gasteiger partial charge in [0.2, 0.25) is 0 Å². The molecule has 6 heteroatoms. The average molecular weight is 344 g/mol. The lowest BCUT2D eigenvalue weighted by Gasteiger charge is -2.11. The topological polar surface area (TPSA) is 82.3 Å². The molecule has 0 aliphatic rings. The minimum absolute atomic E-state index is 0.0840. The van der Waals surface area contributed by atoms with Crippen molar-refractivity contribution in [1.29, 1.82) is 0 Å². The van der Waals surface area contributed by atoms with E-state index in [9.17, 15) is 0 Å². The van der Waals surface area contributed by atoms with Gasteiger partial charge < -0.3 is 5.32 Å².